The number of halogens is 1. The summed E-state index contributed by atoms with van der Waals surface area (Å²) in [6.07, 6.45) is 0. The van der Waals surface area contributed by atoms with Crippen molar-refractivity contribution in [3.8, 4) is 5.75 Å². The number of ether oxygens (including phenoxy) is 1. The van der Waals surface area contributed by atoms with Gasteiger partial charge in [0.15, 0.2) is 5.13 Å². The number of hydrogen-bond donors (Lipinski definition) is 0. The van der Waals surface area contributed by atoms with Gasteiger partial charge in [0.2, 0.25) is 0 Å². The predicted octanol–water partition coefficient (Wildman–Crippen LogP) is 5.02. The van der Waals surface area contributed by atoms with Crippen molar-refractivity contribution in [1.82, 2.24) is 14.9 Å². The zero-order chi connectivity index (χ0) is 21.1. The molecule has 0 saturated heterocycles. The fraction of sp³-hybridized carbons (Fsp3) is 0.450. The molecular formula is C20H25ClN4O2S2. The van der Waals surface area contributed by atoms with Gasteiger partial charge in [-0.15, -0.1) is 11.3 Å². The molecule has 0 saturated carbocycles. The molecular weight excluding hydrogens is 428 g/mol. The van der Waals surface area contributed by atoms with Crippen molar-refractivity contribution in [2.75, 3.05) is 38.2 Å². The molecule has 0 aliphatic carbocycles. The lowest BCUT2D eigenvalue weighted by Gasteiger charge is -2.24. The molecule has 29 heavy (non-hydrogen) atoms. The van der Waals surface area contributed by atoms with Crippen molar-refractivity contribution < 1.29 is 9.53 Å². The summed E-state index contributed by atoms with van der Waals surface area (Å²) in [6, 6.07) is 3.59. The van der Waals surface area contributed by atoms with Gasteiger partial charge in [0.05, 0.1) is 27.5 Å². The Bertz CT molecular complexity index is 1010. The number of benzene rings is 1. The number of nitrogens with zero attached hydrogens (tertiary/aromatic N) is 4. The molecule has 3 aromatic rings. The molecule has 9 heteroatoms. The number of amides is 1. The molecule has 1 aromatic carbocycles. The SMILES string of the molecule is CCN(CC)CCN(C(=O)c1sc(C)nc1C)c1nc2c(OC)ccc(Cl)c2s1. The van der Waals surface area contributed by atoms with Crippen LogP contribution in [0.15, 0.2) is 12.1 Å². The summed E-state index contributed by atoms with van der Waals surface area (Å²) in [5.74, 6) is 0.572. The van der Waals surface area contributed by atoms with Crippen molar-refractivity contribution in [2.45, 2.75) is 27.7 Å². The average molecular weight is 453 g/mol. The lowest BCUT2D eigenvalue weighted by molar-refractivity contribution is 0.0987. The summed E-state index contributed by atoms with van der Waals surface area (Å²) in [5.41, 5.74) is 1.43. The molecule has 156 valence electrons. The number of aromatic nitrogens is 2. The number of carbonyl (C=O) groups is 1. The van der Waals surface area contributed by atoms with Gasteiger partial charge in [0.1, 0.15) is 16.1 Å². The Kier molecular flexibility index (Phi) is 7.10. The molecule has 3 rings (SSSR count). The Morgan fingerprint density at radius 2 is 1.86 bits per heavy atom. The van der Waals surface area contributed by atoms with Gasteiger partial charge in [0.25, 0.3) is 5.91 Å². The highest BCUT2D eigenvalue weighted by Gasteiger charge is 2.26. The molecule has 0 radical (unpaired) electrons. The van der Waals surface area contributed by atoms with Crippen LogP contribution in [-0.2, 0) is 0 Å². The highest BCUT2D eigenvalue weighted by atomic mass is 35.5. The number of fused-ring (bicyclic) bond motifs is 1. The number of hydrogen-bond acceptors (Lipinski definition) is 7. The maximum absolute atomic E-state index is 13.5. The van der Waals surface area contributed by atoms with Gasteiger partial charge < -0.3 is 9.64 Å². The molecule has 2 heterocycles. The lowest BCUT2D eigenvalue weighted by atomic mass is 10.3. The van der Waals surface area contributed by atoms with Crippen LogP contribution in [-0.4, -0.2) is 54.1 Å². The van der Waals surface area contributed by atoms with Gasteiger partial charge in [0, 0.05) is 13.1 Å². The largest absolute Gasteiger partial charge is 0.494 e. The van der Waals surface area contributed by atoms with Gasteiger partial charge in [-0.05, 0) is 39.1 Å². The predicted molar refractivity (Wildman–Crippen MR) is 122 cm³/mol. The number of carbonyl (C=O) groups excluding carboxylic acids is 1. The summed E-state index contributed by atoms with van der Waals surface area (Å²) in [4.78, 5) is 27.3. The summed E-state index contributed by atoms with van der Waals surface area (Å²) in [7, 11) is 1.61. The normalized spacial score (nSPS) is 11.4. The average Bonchev–Trinajstić information content (AvgIpc) is 3.29. The zero-order valence-electron chi connectivity index (χ0n) is 17.3. The van der Waals surface area contributed by atoms with E-state index in [1.165, 1.54) is 22.7 Å². The van der Waals surface area contributed by atoms with Crippen LogP contribution in [0.2, 0.25) is 5.02 Å². The molecule has 2 aromatic heterocycles. The lowest BCUT2D eigenvalue weighted by Crippen LogP contribution is -2.38. The third-order valence-corrected chi connectivity index (χ3v) is 7.37. The molecule has 0 fully saturated rings. The van der Waals surface area contributed by atoms with E-state index in [0.717, 1.165) is 35.0 Å². The van der Waals surface area contributed by atoms with Crippen LogP contribution in [0.25, 0.3) is 10.2 Å². The fourth-order valence-electron chi connectivity index (χ4n) is 3.14. The van der Waals surface area contributed by atoms with E-state index in [2.05, 4.69) is 23.7 Å². The smallest absolute Gasteiger partial charge is 0.272 e. The van der Waals surface area contributed by atoms with Crippen LogP contribution < -0.4 is 9.64 Å². The first-order valence-corrected chi connectivity index (χ1v) is 11.5. The van der Waals surface area contributed by atoms with E-state index in [-0.39, 0.29) is 5.91 Å². The quantitative estimate of drug-likeness (QED) is 0.480. The molecule has 0 bridgehead atoms. The summed E-state index contributed by atoms with van der Waals surface area (Å²) in [6.45, 7) is 11.2. The Labute approximate surface area is 184 Å². The van der Waals surface area contributed by atoms with Gasteiger partial charge in [-0.2, -0.15) is 0 Å². The molecule has 0 spiro atoms. The van der Waals surface area contributed by atoms with Crippen LogP contribution in [0.4, 0.5) is 5.13 Å². The fourth-order valence-corrected chi connectivity index (χ4v) is 5.29. The van der Waals surface area contributed by atoms with Crippen molar-refractivity contribution >= 4 is 55.5 Å². The molecule has 0 aliphatic rings. The molecule has 0 N–H and O–H groups in total. The van der Waals surface area contributed by atoms with Crippen molar-refractivity contribution in [2.24, 2.45) is 0 Å². The monoisotopic (exact) mass is 452 g/mol. The Morgan fingerprint density at radius 1 is 1.14 bits per heavy atom. The van der Waals surface area contributed by atoms with Gasteiger partial charge in [-0.1, -0.05) is 36.8 Å². The van der Waals surface area contributed by atoms with E-state index in [1.807, 2.05) is 13.8 Å². The third kappa shape index (κ3) is 4.55. The van der Waals surface area contributed by atoms with Crippen LogP contribution in [0, 0.1) is 13.8 Å². The maximum Gasteiger partial charge on any atom is 0.272 e. The Balaban J connectivity index is 2.05. The van der Waals surface area contributed by atoms with Gasteiger partial charge in [-0.25, -0.2) is 9.97 Å². The third-order valence-electron chi connectivity index (χ3n) is 4.78. The number of aryl methyl sites for hydroxylation is 2. The first kappa shape index (κ1) is 22.0. The highest BCUT2D eigenvalue weighted by molar-refractivity contribution is 7.23. The summed E-state index contributed by atoms with van der Waals surface area (Å²) in [5, 5.41) is 2.10. The minimum Gasteiger partial charge on any atom is -0.494 e. The number of thiazole rings is 2. The topological polar surface area (TPSA) is 58.6 Å². The van der Waals surface area contributed by atoms with Crippen molar-refractivity contribution in [3.63, 3.8) is 0 Å². The van der Waals surface area contributed by atoms with Crippen molar-refractivity contribution in [1.29, 1.82) is 0 Å². The number of rotatable bonds is 8. The van der Waals surface area contributed by atoms with Crippen LogP contribution in [0.5, 0.6) is 5.75 Å². The standard InChI is InChI=1S/C20H25ClN4O2S2/c1-6-24(7-2)10-11-25(19(26)17-12(3)22-13(4)28-17)20-23-16-15(27-5)9-8-14(21)18(16)29-20/h8-9H,6-7,10-11H2,1-5H3. The van der Waals surface area contributed by atoms with E-state index >= 15 is 0 Å². The minimum absolute atomic E-state index is 0.0746. The molecule has 6 nitrogen and oxygen atoms in total. The van der Waals surface area contributed by atoms with Crippen LogP contribution in [0.1, 0.15) is 34.2 Å². The number of methoxy groups -OCH3 is 1. The van der Waals surface area contributed by atoms with E-state index in [1.54, 1.807) is 24.1 Å². The summed E-state index contributed by atoms with van der Waals surface area (Å²) >= 11 is 9.23. The van der Waals surface area contributed by atoms with Gasteiger partial charge >= 0.3 is 0 Å². The first-order valence-electron chi connectivity index (χ1n) is 9.50. The van der Waals surface area contributed by atoms with E-state index in [9.17, 15) is 4.79 Å². The second-order valence-electron chi connectivity index (χ2n) is 6.55. The number of anilines is 1. The van der Waals surface area contributed by atoms with E-state index in [0.29, 0.717) is 32.8 Å². The molecule has 0 atom stereocenters. The van der Waals surface area contributed by atoms with Gasteiger partial charge in [-0.3, -0.25) is 9.69 Å². The zero-order valence-corrected chi connectivity index (χ0v) is 19.7. The Hall–Kier alpha value is -1.74. The maximum atomic E-state index is 13.5. The highest BCUT2D eigenvalue weighted by Crippen LogP contribution is 2.39. The second kappa shape index (κ2) is 9.38. The molecule has 0 aliphatic heterocycles. The van der Waals surface area contributed by atoms with Crippen molar-refractivity contribution in [3.05, 3.63) is 32.7 Å². The first-order chi connectivity index (χ1) is 13.9. The second-order valence-corrected chi connectivity index (χ2v) is 9.14. The van der Waals surface area contributed by atoms with Crippen LogP contribution in [0.3, 0.4) is 0 Å². The minimum atomic E-state index is -0.0746. The summed E-state index contributed by atoms with van der Waals surface area (Å²) < 4.78 is 6.26. The number of likely N-dealkylation sites (N-methyl/N-ethyl adjacent to an activating group) is 1. The Morgan fingerprint density at radius 3 is 2.45 bits per heavy atom. The van der Waals surface area contributed by atoms with Crippen LogP contribution >= 0.6 is 34.3 Å². The molecule has 1 amide bonds. The van der Waals surface area contributed by atoms with E-state index < -0.39 is 0 Å². The van der Waals surface area contributed by atoms with E-state index in [4.69, 9.17) is 21.3 Å². The molecule has 0 unspecified atom stereocenters.